The molecule has 0 atom stereocenters. The zero-order valence-electron chi connectivity index (χ0n) is 9.83. The normalized spacial score (nSPS) is 10.9. The van der Waals surface area contributed by atoms with Crippen molar-refractivity contribution in [3.8, 4) is 0 Å². The third-order valence-corrected chi connectivity index (χ3v) is 2.46. The van der Waals surface area contributed by atoms with Gasteiger partial charge in [-0.15, -0.1) is 23.2 Å². The topological polar surface area (TPSA) is 105 Å². The van der Waals surface area contributed by atoms with Gasteiger partial charge < -0.3 is 19.8 Å². The summed E-state index contributed by atoms with van der Waals surface area (Å²) in [5.41, 5.74) is 0. The predicted octanol–water partition coefficient (Wildman–Crippen LogP) is 0.585. The minimum Gasteiger partial charge on any atom is -0.394 e. The van der Waals surface area contributed by atoms with Gasteiger partial charge in [0.2, 0.25) is 0 Å². The van der Waals surface area contributed by atoms with Crippen LogP contribution in [0.2, 0.25) is 0 Å². The Kier molecular flexibility index (Phi) is 18.1. The number of hydrogen-bond donors (Lipinski definition) is 3. The van der Waals surface area contributed by atoms with Crippen molar-refractivity contribution in [2.45, 2.75) is 0 Å². The molecule has 0 spiro atoms. The zero-order valence-corrected chi connectivity index (χ0v) is 12.2. The summed E-state index contributed by atoms with van der Waals surface area (Å²) in [5, 5.41) is 16.2. The number of halogens is 2. The van der Waals surface area contributed by atoms with Crippen LogP contribution in [0.4, 0.5) is 0 Å². The molecular weight excluding hydrogens is 310 g/mol. The van der Waals surface area contributed by atoms with Crippen LogP contribution in [0.15, 0.2) is 0 Å². The molecule has 0 saturated heterocycles. The van der Waals surface area contributed by atoms with E-state index in [1.807, 2.05) is 0 Å². The van der Waals surface area contributed by atoms with E-state index in [9.17, 15) is 4.57 Å². The van der Waals surface area contributed by atoms with Crippen LogP contribution >= 0.6 is 31.0 Å². The van der Waals surface area contributed by atoms with Crippen molar-refractivity contribution in [1.82, 2.24) is 0 Å². The molecule has 0 bridgehead atoms. The molecule has 112 valence electrons. The summed E-state index contributed by atoms with van der Waals surface area (Å²) >= 11 is 10.4. The Labute approximate surface area is 116 Å². The van der Waals surface area contributed by atoms with Crippen molar-refractivity contribution >= 4 is 31.0 Å². The largest absolute Gasteiger partial charge is 0.472 e. The first-order valence-corrected chi connectivity index (χ1v) is 7.63. The molecule has 7 nitrogen and oxygen atoms in total. The van der Waals surface area contributed by atoms with Crippen molar-refractivity contribution < 1.29 is 33.5 Å². The van der Waals surface area contributed by atoms with Gasteiger partial charge in [-0.3, -0.25) is 9.05 Å². The van der Waals surface area contributed by atoms with E-state index in [1.165, 1.54) is 0 Å². The molecule has 0 rings (SSSR count). The predicted molar refractivity (Wildman–Crippen MR) is 68.2 cm³/mol. The van der Waals surface area contributed by atoms with Gasteiger partial charge in [-0.25, -0.2) is 4.57 Å². The molecule has 0 heterocycles. The standard InChI is InChI=1S/C4H9Cl2O4P.C4H10O3/c5-1-3-9-11(7,8)10-4-2-6;5-1-3-7-4-2-6/h1-4H2,(H,7,8);5-6H,1-4H2. The van der Waals surface area contributed by atoms with Gasteiger partial charge >= 0.3 is 7.82 Å². The first-order chi connectivity index (χ1) is 8.54. The average Bonchev–Trinajstić information content (AvgIpc) is 2.36. The number of phosphoric acid groups is 1. The Bertz CT molecular complexity index is 192. The van der Waals surface area contributed by atoms with Gasteiger partial charge in [0.15, 0.2) is 0 Å². The molecule has 0 radical (unpaired) electrons. The molecule has 18 heavy (non-hydrogen) atoms. The zero-order chi connectivity index (χ0) is 14.3. The molecule has 0 saturated carbocycles. The van der Waals surface area contributed by atoms with E-state index in [2.05, 4.69) is 13.8 Å². The lowest BCUT2D eigenvalue weighted by Crippen LogP contribution is -2.03. The monoisotopic (exact) mass is 328 g/mol. The molecule has 3 N–H and O–H groups in total. The lowest BCUT2D eigenvalue weighted by atomic mass is 10.7. The Morgan fingerprint density at radius 2 is 1.28 bits per heavy atom. The molecule has 0 aliphatic heterocycles. The first-order valence-electron chi connectivity index (χ1n) is 5.07. The second kappa shape index (κ2) is 15.6. The summed E-state index contributed by atoms with van der Waals surface area (Å²) in [4.78, 5) is 8.77. The van der Waals surface area contributed by atoms with E-state index in [4.69, 9.17) is 38.3 Å². The van der Waals surface area contributed by atoms with Gasteiger partial charge in [-0.05, 0) is 0 Å². The summed E-state index contributed by atoms with van der Waals surface area (Å²) in [6, 6.07) is 0. The lowest BCUT2D eigenvalue weighted by molar-refractivity contribution is 0.0650. The maximum absolute atomic E-state index is 10.7. The molecule has 0 aromatic carbocycles. The summed E-state index contributed by atoms with van der Waals surface area (Å²) in [6.07, 6.45) is 0. The maximum atomic E-state index is 10.7. The number of phosphoric ester groups is 1. The van der Waals surface area contributed by atoms with E-state index in [-0.39, 0.29) is 38.2 Å². The second-order valence-corrected chi connectivity index (χ2v) is 4.78. The highest BCUT2D eigenvalue weighted by molar-refractivity contribution is 7.47. The number of hydrogen-bond acceptors (Lipinski definition) is 6. The van der Waals surface area contributed by atoms with Crippen LogP contribution in [0, 0.1) is 0 Å². The molecule has 0 aliphatic rings. The molecule has 0 unspecified atom stereocenters. The third kappa shape index (κ3) is 18.9. The fraction of sp³-hybridized carbons (Fsp3) is 1.00. The Morgan fingerprint density at radius 3 is 1.56 bits per heavy atom. The minimum atomic E-state index is -3.89. The van der Waals surface area contributed by atoms with Crippen LogP contribution < -0.4 is 0 Å². The summed E-state index contributed by atoms with van der Waals surface area (Å²) in [7, 11) is -3.89. The van der Waals surface area contributed by atoms with E-state index in [0.717, 1.165) is 0 Å². The van der Waals surface area contributed by atoms with Crippen LogP contribution in [0.25, 0.3) is 0 Å². The highest BCUT2D eigenvalue weighted by atomic mass is 35.5. The smallest absolute Gasteiger partial charge is 0.394 e. The third-order valence-electron chi connectivity index (χ3n) is 1.13. The van der Waals surface area contributed by atoms with Crippen LogP contribution in [0.1, 0.15) is 0 Å². The first kappa shape index (κ1) is 20.9. The number of alkyl halides is 2. The number of rotatable bonds is 10. The molecule has 0 fully saturated rings. The van der Waals surface area contributed by atoms with E-state index in [1.54, 1.807) is 0 Å². The van der Waals surface area contributed by atoms with Crippen LogP contribution in [-0.2, 0) is 18.3 Å². The second-order valence-electron chi connectivity index (χ2n) is 2.57. The molecule has 0 aromatic heterocycles. The SMILES string of the molecule is O=P(O)(OCCCl)OCCCl.OCCOCCO. The molecular formula is C8H19Cl2O7P. The minimum absolute atomic E-state index is 0.0163. The summed E-state index contributed by atoms with van der Waals surface area (Å²) in [5.74, 6) is 0.295. The van der Waals surface area contributed by atoms with Gasteiger partial charge in [-0.2, -0.15) is 0 Å². The fourth-order valence-corrected chi connectivity index (χ4v) is 1.66. The Balaban J connectivity index is 0. The number of aliphatic hydroxyl groups excluding tert-OH is 2. The van der Waals surface area contributed by atoms with Crippen molar-refractivity contribution in [2.75, 3.05) is 51.4 Å². The van der Waals surface area contributed by atoms with Crippen LogP contribution in [0.3, 0.4) is 0 Å². The maximum Gasteiger partial charge on any atom is 0.472 e. The Morgan fingerprint density at radius 1 is 0.889 bits per heavy atom. The van der Waals surface area contributed by atoms with Gasteiger partial charge in [0.05, 0.1) is 39.6 Å². The Hall–Kier alpha value is 0.570. The lowest BCUT2D eigenvalue weighted by Gasteiger charge is -2.09. The summed E-state index contributed by atoms with van der Waals surface area (Å²) in [6.45, 7) is 0.663. The van der Waals surface area contributed by atoms with Crippen molar-refractivity contribution in [3.63, 3.8) is 0 Å². The summed E-state index contributed by atoms with van der Waals surface area (Å²) < 4.78 is 24.1. The molecule has 0 aliphatic carbocycles. The average molecular weight is 329 g/mol. The van der Waals surface area contributed by atoms with Crippen LogP contribution in [0.5, 0.6) is 0 Å². The highest BCUT2D eigenvalue weighted by Crippen LogP contribution is 2.42. The van der Waals surface area contributed by atoms with Crippen molar-refractivity contribution in [1.29, 1.82) is 0 Å². The fourth-order valence-electron chi connectivity index (χ4n) is 0.568. The van der Waals surface area contributed by atoms with Crippen molar-refractivity contribution in [3.05, 3.63) is 0 Å². The van der Waals surface area contributed by atoms with Gasteiger partial charge in [0.1, 0.15) is 0 Å². The van der Waals surface area contributed by atoms with Crippen LogP contribution in [-0.4, -0.2) is 66.5 Å². The van der Waals surface area contributed by atoms with Gasteiger partial charge in [-0.1, -0.05) is 0 Å². The van der Waals surface area contributed by atoms with Crippen molar-refractivity contribution in [2.24, 2.45) is 0 Å². The number of aliphatic hydroxyl groups is 2. The van der Waals surface area contributed by atoms with E-state index < -0.39 is 7.82 Å². The van der Waals surface area contributed by atoms with Gasteiger partial charge in [0.25, 0.3) is 0 Å². The molecule has 0 amide bonds. The molecule has 10 heteroatoms. The quantitative estimate of drug-likeness (QED) is 0.306. The molecule has 0 aromatic rings. The highest BCUT2D eigenvalue weighted by Gasteiger charge is 2.19. The number of ether oxygens (including phenoxy) is 1. The van der Waals surface area contributed by atoms with E-state index >= 15 is 0 Å². The van der Waals surface area contributed by atoms with Gasteiger partial charge in [0, 0.05) is 11.8 Å². The van der Waals surface area contributed by atoms with E-state index in [0.29, 0.717) is 13.2 Å².